The Balaban J connectivity index is 1.21. The Morgan fingerprint density at radius 3 is 2.31 bits per heavy atom. The van der Waals surface area contributed by atoms with E-state index in [-0.39, 0.29) is 43.3 Å². The van der Waals surface area contributed by atoms with Gasteiger partial charge in [-0.2, -0.15) is 0 Å². The molecular formula is C53H45N7O8. The number of amides is 3. The summed E-state index contributed by atoms with van der Waals surface area (Å²) < 4.78 is 19.1. The van der Waals surface area contributed by atoms with Gasteiger partial charge in [0.15, 0.2) is 0 Å². The first-order valence-electron chi connectivity index (χ1n) is 22.3. The van der Waals surface area contributed by atoms with Crippen LogP contribution in [0.4, 0.5) is 10.5 Å². The molecule has 5 aromatic carbocycles. The molecule has 0 bridgehead atoms. The number of para-hydroxylation sites is 1. The van der Waals surface area contributed by atoms with E-state index in [1.807, 2.05) is 102 Å². The predicted octanol–water partition coefficient (Wildman–Crippen LogP) is 6.39. The van der Waals surface area contributed by atoms with Gasteiger partial charge in [0.1, 0.15) is 42.0 Å². The van der Waals surface area contributed by atoms with Crippen LogP contribution < -0.4 is 10.2 Å². The van der Waals surface area contributed by atoms with Crippen LogP contribution in [0.1, 0.15) is 51.7 Å². The first-order valence-corrected chi connectivity index (χ1v) is 22.3. The van der Waals surface area contributed by atoms with Gasteiger partial charge in [-0.25, -0.2) is 14.4 Å². The fourth-order valence-electron chi connectivity index (χ4n) is 10.1. The molecule has 3 amide bonds. The van der Waals surface area contributed by atoms with Crippen LogP contribution >= 0.6 is 0 Å². The molecule has 6 atom stereocenters. The van der Waals surface area contributed by atoms with E-state index in [4.69, 9.17) is 14.2 Å². The maximum absolute atomic E-state index is 16.3. The molecule has 7 aromatic rings. The van der Waals surface area contributed by atoms with Crippen molar-refractivity contribution in [2.45, 2.75) is 42.6 Å². The number of nitrogens with zero attached hydrogens (tertiary/aromatic N) is 6. The fourth-order valence-corrected chi connectivity index (χ4v) is 10.1. The average molecular weight is 908 g/mol. The zero-order valence-electron chi connectivity index (χ0n) is 36.8. The number of morpholine rings is 1. The SMILES string of the molecule is COCCOC(=O)N1C(=O)[C@@]2(c3cc(C#CCn4nnc5ccccc54)ccc31)[C@H](c1ccc(O)cc1)N1[C@H](c3ccccc3)[C@H](c3ccccc3)OC(=O)[C@H]1[C@@H]2C(=O)NCCc1ccccn1. The molecule has 68 heavy (non-hydrogen) atoms. The number of nitrogens with one attached hydrogen (secondary N) is 1. The van der Waals surface area contributed by atoms with Gasteiger partial charge < -0.3 is 24.6 Å². The molecule has 15 heteroatoms. The minimum absolute atomic E-state index is 0.0415. The number of cyclic esters (lactones) is 1. The molecule has 2 fully saturated rings. The van der Waals surface area contributed by atoms with Crippen molar-refractivity contribution in [2.75, 3.05) is 31.8 Å². The second kappa shape index (κ2) is 18.6. The monoisotopic (exact) mass is 907 g/mol. The smallest absolute Gasteiger partial charge is 0.421 e. The van der Waals surface area contributed by atoms with Crippen LogP contribution in [-0.4, -0.2) is 86.8 Å². The van der Waals surface area contributed by atoms with E-state index >= 15 is 14.4 Å². The summed E-state index contributed by atoms with van der Waals surface area (Å²) in [5.41, 5.74) is 3.02. The molecule has 0 aliphatic carbocycles. The number of ether oxygens (including phenoxy) is 3. The molecule has 0 radical (unpaired) electrons. The van der Waals surface area contributed by atoms with E-state index in [0.717, 1.165) is 21.7 Å². The van der Waals surface area contributed by atoms with Gasteiger partial charge in [-0.1, -0.05) is 108 Å². The molecule has 2 saturated heterocycles. The van der Waals surface area contributed by atoms with Gasteiger partial charge in [0.25, 0.3) is 0 Å². The largest absolute Gasteiger partial charge is 0.508 e. The van der Waals surface area contributed by atoms with Crippen LogP contribution in [0.25, 0.3) is 11.0 Å². The second-order valence-electron chi connectivity index (χ2n) is 16.7. The molecule has 3 aliphatic heterocycles. The number of methoxy groups -OCH3 is 1. The number of aromatic nitrogens is 4. The number of hydrogen-bond acceptors (Lipinski definition) is 12. The lowest BCUT2D eigenvalue weighted by molar-refractivity contribution is -0.178. The number of anilines is 1. The summed E-state index contributed by atoms with van der Waals surface area (Å²) in [6, 6.07) is 39.9. The summed E-state index contributed by atoms with van der Waals surface area (Å²) in [7, 11) is 1.46. The van der Waals surface area contributed by atoms with Crippen molar-refractivity contribution >= 4 is 40.6 Å². The number of phenols is 1. The highest BCUT2D eigenvalue weighted by Gasteiger charge is 2.75. The molecule has 15 nitrogen and oxygen atoms in total. The predicted molar refractivity (Wildman–Crippen MR) is 249 cm³/mol. The van der Waals surface area contributed by atoms with Gasteiger partial charge in [-0.15, -0.1) is 5.10 Å². The third kappa shape index (κ3) is 7.69. The first kappa shape index (κ1) is 43.7. The number of phenolic OH excluding ortho intramolecular Hbond substituents is 1. The Morgan fingerprint density at radius 1 is 0.824 bits per heavy atom. The molecule has 0 saturated carbocycles. The topological polar surface area (TPSA) is 178 Å². The van der Waals surface area contributed by atoms with Crippen molar-refractivity contribution < 1.29 is 38.5 Å². The van der Waals surface area contributed by atoms with Crippen molar-refractivity contribution in [1.29, 1.82) is 0 Å². The van der Waals surface area contributed by atoms with Crippen LogP contribution in [0.3, 0.4) is 0 Å². The molecule has 1 spiro atoms. The number of esters is 1. The van der Waals surface area contributed by atoms with E-state index in [9.17, 15) is 9.90 Å². The van der Waals surface area contributed by atoms with E-state index in [1.54, 1.807) is 47.3 Å². The van der Waals surface area contributed by atoms with Gasteiger partial charge in [-0.3, -0.25) is 24.3 Å². The number of carbonyl (C=O) groups excluding carboxylic acids is 4. The van der Waals surface area contributed by atoms with Crippen molar-refractivity contribution in [3.05, 3.63) is 185 Å². The lowest BCUT2D eigenvalue weighted by Crippen LogP contribution is -2.56. The number of rotatable bonds is 11. The summed E-state index contributed by atoms with van der Waals surface area (Å²) in [5, 5.41) is 22.3. The zero-order chi connectivity index (χ0) is 46.8. The van der Waals surface area contributed by atoms with Crippen molar-refractivity contribution in [2.24, 2.45) is 5.92 Å². The van der Waals surface area contributed by atoms with Gasteiger partial charge in [0.2, 0.25) is 11.8 Å². The van der Waals surface area contributed by atoms with Gasteiger partial charge in [-0.05, 0) is 76.9 Å². The van der Waals surface area contributed by atoms with E-state index in [1.165, 1.54) is 19.2 Å². The number of fused-ring (bicyclic) bond motifs is 4. The second-order valence-corrected chi connectivity index (χ2v) is 16.7. The molecule has 0 unspecified atom stereocenters. The van der Waals surface area contributed by atoms with E-state index in [0.29, 0.717) is 28.6 Å². The molecule has 2 aromatic heterocycles. The standard InChI is InChI=1S/C53H45N7O8/c1-66-31-32-67-52(65)59-42-26-21-34(13-12-30-58-43-20-9-8-19-41(43)56-57-58)33-40(42)53(51(59)64)44(49(62)55-29-27-38-18-10-11-28-54-38)46-50(63)68-47(36-16-6-3-7-17-36)45(35-14-4-2-5-15-35)60(46)48(53)37-22-24-39(61)25-23-37/h2-11,14-26,28,33,44-48,61H,27,29-32H2,1H3,(H,55,62)/t44-,45-,46-,47+,48+,53-/m1/s1. The molecular weight excluding hydrogens is 863 g/mol. The van der Waals surface area contributed by atoms with Crippen LogP contribution in [0.15, 0.2) is 152 Å². The molecule has 340 valence electrons. The highest BCUT2D eigenvalue weighted by atomic mass is 16.6. The number of imide groups is 1. The summed E-state index contributed by atoms with van der Waals surface area (Å²) in [6.45, 7) is 0.171. The Kier molecular flexibility index (Phi) is 11.9. The number of pyridine rings is 1. The third-order valence-electron chi connectivity index (χ3n) is 12.9. The van der Waals surface area contributed by atoms with Crippen molar-refractivity contribution in [3.63, 3.8) is 0 Å². The molecule has 2 N–H and O–H groups in total. The summed E-state index contributed by atoms with van der Waals surface area (Å²) in [5.74, 6) is 2.71. The third-order valence-corrected chi connectivity index (χ3v) is 12.9. The highest BCUT2D eigenvalue weighted by molar-refractivity contribution is 6.23. The zero-order valence-corrected chi connectivity index (χ0v) is 36.8. The Morgan fingerprint density at radius 2 is 1.56 bits per heavy atom. The lowest BCUT2D eigenvalue weighted by atomic mass is 9.65. The average Bonchev–Trinajstić information content (AvgIpc) is 4.01. The molecule has 3 aliphatic rings. The van der Waals surface area contributed by atoms with Crippen molar-refractivity contribution in [1.82, 2.24) is 30.2 Å². The Hall–Kier alpha value is -8.19. The number of aromatic hydroxyl groups is 1. The van der Waals surface area contributed by atoms with Gasteiger partial charge in [0.05, 0.1) is 35.8 Å². The number of benzene rings is 5. The first-order chi connectivity index (χ1) is 33.3. The quantitative estimate of drug-likeness (QED) is 0.0832. The summed E-state index contributed by atoms with van der Waals surface area (Å²) >= 11 is 0. The fraction of sp³-hybridized carbons (Fsp3) is 0.226. The summed E-state index contributed by atoms with van der Waals surface area (Å²) in [6.07, 6.45) is 0.103. The summed E-state index contributed by atoms with van der Waals surface area (Å²) in [4.78, 5) is 69.0. The highest BCUT2D eigenvalue weighted by Crippen LogP contribution is 2.66. The van der Waals surface area contributed by atoms with Crippen LogP contribution in [0.2, 0.25) is 0 Å². The van der Waals surface area contributed by atoms with Crippen molar-refractivity contribution in [3.8, 4) is 17.6 Å². The number of carbonyl (C=O) groups is 4. The normalized spacial score (nSPS) is 21.7. The Bertz CT molecular complexity index is 3070. The maximum Gasteiger partial charge on any atom is 0.421 e. The molecule has 5 heterocycles. The van der Waals surface area contributed by atoms with Crippen LogP contribution in [-0.2, 0) is 47.0 Å². The minimum atomic E-state index is -2.04. The maximum atomic E-state index is 16.3. The van der Waals surface area contributed by atoms with E-state index < -0.39 is 59.4 Å². The van der Waals surface area contributed by atoms with Gasteiger partial charge >= 0.3 is 12.1 Å². The molecule has 10 rings (SSSR count). The lowest BCUT2D eigenvalue weighted by Gasteiger charge is -2.46. The minimum Gasteiger partial charge on any atom is -0.508 e. The van der Waals surface area contributed by atoms with E-state index in [2.05, 4.69) is 32.5 Å². The van der Waals surface area contributed by atoms with Crippen LogP contribution in [0.5, 0.6) is 5.75 Å². The Labute approximate surface area is 391 Å². The van der Waals surface area contributed by atoms with Crippen LogP contribution in [0, 0.1) is 17.8 Å². The number of hydrogen-bond donors (Lipinski definition) is 2. The van der Waals surface area contributed by atoms with Gasteiger partial charge in [0, 0.05) is 37.5 Å².